The summed E-state index contributed by atoms with van der Waals surface area (Å²) in [6, 6.07) is 0.0996. The molecule has 0 saturated carbocycles. The summed E-state index contributed by atoms with van der Waals surface area (Å²) in [4.78, 5) is 23.7. The second-order valence-corrected chi connectivity index (χ2v) is 6.09. The molecular formula is C15H25NO4. The molecule has 2 N–H and O–H groups in total. The van der Waals surface area contributed by atoms with Crippen molar-refractivity contribution in [3.05, 3.63) is 0 Å². The summed E-state index contributed by atoms with van der Waals surface area (Å²) < 4.78 is 5.62. The molecule has 0 spiro atoms. The van der Waals surface area contributed by atoms with Gasteiger partial charge in [0.05, 0.1) is 24.0 Å². The van der Waals surface area contributed by atoms with Crippen LogP contribution in [-0.4, -0.2) is 35.2 Å². The fourth-order valence-corrected chi connectivity index (χ4v) is 3.44. The van der Waals surface area contributed by atoms with E-state index in [0.29, 0.717) is 0 Å². The van der Waals surface area contributed by atoms with Crippen molar-refractivity contribution in [2.75, 3.05) is 0 Å². The van der Waals surface area contributed by atoms with Crippen molar-refractivity contribution in [2.45, 2.75) is 70.6 Å². The van der Waals surface area contributed by atoms with Gasteiger partial charge >= 0.3 is 5.97 Å². The Morgan fingerprint density at radius 2 is 1.90 bits per heavy atom. The van der Waals surface area contributed by atoms with E-state index in [9.17, 15) is 14.7 Å². The second-order valence-electron chi connectivity index (χ2n) is 6.09. The minimum absolute atomic E-state index is 0.0996. The van der Waals surface area contributed by atoms with Gasteiger partial charge in [-0.05, 0) is 26.2 Å². The molecule has 0 aromatic rings. The van der Waals surface area contributed by atoms with Crippen molar-refractivity contribution in [1.82, 2.24) is 5.32 Å². The quantitative estimate of drug-likeness (QED) is 0.700. The third-order valence-corrected chi connectivity index (χ3v) is 4.49. The molecule has 5 nitrogen and oxygen atoms in total. The van der Waals surface area contributed by atoms with Crippen LogP contribution in [0.1, 0.15) is 52.4 Å². The lowest BCUT2D eigenvalue weighted by Gasteiger charge is -2.25. The number of aliphatic carboxylic acids is 1. The van der Waals surface area contributed by atoms with Crippen LogP contribution in [-0.2, 0) is 14.3 Å². The topological polar surface area (TPSA) is 75.6 Å². The lowest BCUT2D eigenvalue weighted by atomic mass is 9.78. The highest BCUT2D eigenvalue weighted by Gasteiger charge is 2.55. The van der Waals surface area contributed by atoms with Crippen molar-refractivity contribution in [1.29, 1.82) is 0 Å². The third kappa shape index (κ3) is 3.14. The molecule has 20 heavy (non-hydrogen) atoms. The molecule has 2 aliphatic rings. The summed E-state index contributed by atoms with van der Waals surface area (Å²) in [6.45, 7) is 4.13. The normalized spacial score (nSPS) is 33.1. The van der Waals surface area contributed by atoms with Crippen molar-refractivity contribution in [3.8, 4) is 0 Å². The van der Waals surface area contributed by atoms with Crippen LogP contribution in [0.5, 0.6) is 0 Å². The fraction of sp³-hybridized carbons (Fsp3) is 0.867. The Balaban J connectivity index is 1.89. The number of carboxylic acid groups (broad SMARTS) is 1. The van der Waals surface area contributed by atoms with E-state index < -0.39 is 17.8 Å². The summed E-state index contributed by atoms with van der Waals surface area (Å²) >= 11 is 0. The van der Waals surface area contributed by atoms with Crippen molar-refractivity contribution >= 4 is 11.9 Å². The van der Waals surface area contributed by atoms with Gasteiger partial charge in [-0.25, -0.2) is 0 Å². The third-order valence-electron chi connectivity index (χ3n) is 4.49. The van der Waals surface area contributed by atoms with Gasteiger partial charge in [0, 0.05) is 6.04 Å². The molecule has 5 heteroatoms. The number of carboxylic acids is 1. The van der Waals surface area contributed by atoms with Crippen LogP contribution < -0.4 is 5.32 Å². The molecule has 0 aromatic heterocycles. The molecule has 2 saturated heterocycles. The molecule has 2 bridgehead atoms. The Kier molecular flexibility index (Phi) is 5.02. The molecule has 2 aliphatic heterocycles. The molecule has 5 atom stereocenters. The maximum Gasteiger partial charge on any atom is 0.310 e. The van der Waals surface area contributed by atoms with E-state index in [-0.39, 0.29) is 24.2 Å². The number of unbranched alkanes of at least 4 members (excludes halogenated alkanes) is 2. The van der Waals surface area contributed by atoms with E-state index in [1.165, 1.54) is 0 Å². The Hall–Kier alpha value is -1.10. The van der Waals surface area contributed by atoms with Gasteiger partial charge < -0.3 is 15.2 Å². The number of rotatable bonds is 7. The summed E-state index contributed by atoms with van der Waals surface area (Å²) in [6.07, 6.45) is 5.44. The van der Waals surface area contributed by atoms with E-state index in [2.05, 4.69) is 12.2 Å². The van der Waals surface area contributed by atoms with Crippen LogP contribution in [0.3, 0.4) is 0 Å². The van der Waals surface area contributed by atoms with Crippen LogP contribution >= 0.6 is 0 Å². The Morgan fingerprint density at radius 3 is 2.50 bits per heavy atom. The van der Waals surface area contributed by atoms with Crippen molar-refractivity contribution in [3.63, 3.8) is 0 Å². The van der Waals surface area contributed by atoms with E-state index in [0.717, 1.165) is 38.5 Å². The predicted molar refractivity (Wildman–Crippen MR) is 74.3 cm³/mol. The summed E-state index contributed by atoms with van der Waals surface area (Å²) in [5.74, 6) is -2.24. The number of ether oxygens (including phenoxy) is 1. The average molecular weight is 283 g/mol. The van der Waals surface area contributed by atoms with Gasteiger partial charge in [-0.15, -0.1) is 0 Å². The maximum atomic E-state index is 12.3. The predicted octanol–water partition coefficient (Wildman–Crippen LogP) is 1.95. The zero-order chi connectivity index (χ0) is 14.7. The van der Waals surface area contributed by atoms with Crippen LogP contribution in [0.25, 0.3) is 0 Å². The number of carbonyl (C=O) groups excluding carboxylic acids is 1. The van der Waals surface area contributed by atoms with E-state index in [4.69, 9.17) is 4.74 Å². The Labute approximate surface area is 120 Å². The maximum absolute atomic E-state index is 12.3. The molecule has 114 valence electrons. The van der Waals surface area contributed by atoms with Gasteiger partial charge in [-0.2, -0.15) is 0 Å². The van der Waals surface area contributed by atoms with Gasteiger partial charge in [0.15, 0.2) is 0 Å². The lowest BCUT2D eigenvalue weighted by molar-refractivity contribution is -0.148. The average Bonchev–Trinajstić information content (AvgIpc) is 2.98. The first-order valence-electron chi connectivity index (χ1n) is 7.73. The monoisotopic (exact) mass is 283 g/mol. The van der Waals surface area contributed by atoms with Gasteiger partial charge in [0.1, 0.15) is 0 Å². The number of hydrogen-bond acceptors (Lipinski definition) is 3. The number of carbonyl (C=O) groups is 2. The fourth-order valence-electron chi connectivity index (χ4n) is 3.44. The minimum Gasteiger partial charge on any atom is -0.481 e. The summed E-state index contributed by atoms with van der Waals surface area (Å²) in [5.41, 5.74) is 0. The first-order valence-corrected chi connectivity index (χ1v) is 7.73. The highest BCUT2D eigenvalue weighted by molar-refractivity contribution is 5.86. The van der Waals surface area contributed by atoms with Gasteiger partial charge in [0.25, 0.3) is 0 Å². The SMILES string of the molecule is CCCCC[C@H](C)NC(=O)[C@H]1[C@@H](C(=O)O)[C@H]2CC[C@H]1O2. The number of hydrogen-bond donors (Lipinski definition) is 2. The zero-order valence-electron chi connectivity index (χ0n) is 12.3. The lowest BCUT2D eigenvalue weighted by Crippen LogP contribution is -2.46. The molecule has 1 amide bonds. The first kappa shape index (κ1) is 15.3. The summed E-state index contributed by atoms with van der Waals surface area (Å²) in [5, 5.41) is 12.3. The molecule has 2 rings (SSSR count). The molecule has 0 radical (unpaired) electrons. The Bertz CT molecular complexity index is 371. The van der Waals surface area contributed by atoms with Crippen molar-refractivity contribution < 1.29 is 19.4 Å². The van der Waals surface area contributed by atoms with Gasteiger partial charge in [-0.3, -0.25) is 9.59 Å². The highest BCUT2D eigenvalue weighted by atomic mass is 16.5. The smallest absolute Gasteiger partial charge is 0.310 e. The van der Waals surface area contributed by atoms with Crippen LogP contribution in [0.15, 0.2) is 0 Å². The van der Waals surface area contributed by atoms with Crippen LogP contribution in [0.4, 0.5) is 0 Å². The first-order chi connectivity index (χ1) is 9.54. The summed E-state index contributed by atoms with van der Waals surface area (Å²) in [7, 11) is 0. The largest absolute Gasteiger partial charge is 0.481 e. The molecule has 0 aliphatic carbocycles. The number of nitrogens with one attached hydrogen (secondary N) is 1. The molecule has 2 heterocycles. The van der Waals surface area contributed by atoms with E-state index >= 15 is 0 Å². The van der Waals surface area contributed by atoms with Gasteiger partial charge in [0.2, 0.25) is 5.91 Å². The van der Waals surface area contributed by atoms with E-state index in [1.807, 2.05) is 6.92 Å². The Morgan fingerprint density at radius 1 is 1.25 bits per heavy atom. The second kappa shape index (κ2) is 6.57. The van der Waals surface area contributed by atoms with Gasteiger partial charge in [-0.1, -0.05) is 26.2 Å². The molecule has 2 fully saturated rings. The highest BCUT2D eigenvalue weighted by Crippen LogP contribution is 2.43. The van der Waals surface area contributed by atoms with E-state index in [1.54, 1.807) is 0 Å². The molecule has 0 aromatic carbocycles. The van der Waals surface area contributed by atoms with Crippen LogP contribution in [0, 0.1) is 11.8 Å². The van der Waals surface area contributed by atoms with Crippen molar-refractivity contribution in [2.24, 2.45) is 11.8 Å². The van der Waals surface area contributed by atoms with Crippen LogP contribution in [0.2, 0.25) is 0 Å². The molecule has 0 unspecified atom stereocenters. The number of fused-ring (bicyclic) bond motifs is 2. The minimum atomic E-state index is -0.906. The zero-order valence-corrected chi connectivity index (χ0v) is 12.3. The number of amides is 1. The standard InChI is InChI=1S/C15H25NO4/c1-3-4-5-6-9(2)16-14(17)12-10-7-8-11(20-10)13(12)15(18)19/h9-13H,3-8H2,1-2H3,(H,16,17)(H,18,19)/t9-,10+,11+,12+,13-/m0/s1. The molecular weight excluding hydrogens is 258 g/mol.